The van der Waals surface area contributed by atoms with Crippen molar-refractivity contribution < 1.29 is 9.15 Å². The van der Waals surface area contributed by atoms with E-state index in [1.807, 2.05) is 67.6 Å². The smallest absolute Gasteiger partial charge is 0.344 e. The number of anilines is 1. The maximum Gasteiger partial charge on any atom is 0.344 e. The summed E-state index contributed by atoms with van der Waals surface area (Å²) in [5.74, 6) is 0.804. The molecule has 0 saturated carbocycles. The number of aliphatic imine (C=N–C) groups is 1. The van der Waals surface area contributed by atoms with Gasteiger partial charge in [0.1, 0.15) is 11.3 Å². The van der Waals surface area contributed by atoms with Crippen molar-refractivity contribution >= 4 is 39.3 Å². The summed E-state index contributed by atoms with van der Waals surface area (Å²) in [5.41, 5.74) is 3.47. The van der Waals surface area contributed by atoms with Crippen LogP contribution < -0.4 is 15.3 Å². The van der Waals surface area contributed by atoms with Gasteiger partial charge in [0.05, 0.1) is 29.6 Å². The summed E-state index contributed by atoms with van der Waals surface area (Å²) < 4.78 is 11.3. The lowest BCUT2D eigenvalue weighted by atomic mass is 9.94. The maximum absolute atomic E-state index is 13.2. The summed E-state index contributed by atoms with van der Waals surface area (Å²) in [7, 11) is 0. The number of nitrogens with zero attached hydrogens (tertiary/aromatic N) is 2. The van der Waals surface area contributed by atoms with Crippen molar-refractivity contribution in [3.8, 4) is 5.75 Å². The topological polar surface area (TPSA) is 55.0 Å². The molecule has 5 nitrogen and oxygen atoms in total. The number of hydrogen-bond donors (Lipinski definition) is 0. The van der Waals surface area contributed by atoms with E-state index in [1.54, 1.807) is 11.8 Å². The molecule has 0 saturated heterocycles. The molecule has 0 bridgehead atoms. The van der Waals surface area contributed by atoms with Crippen LogP contribution in [0.25, 0.3) is 11.0 Å². The van der Waals surface area contributed by atoms with E-state index in [4.69, 9.17) is 14.1 Å². The Hall–Kier alpha value is -3.51. The third-order valence-corrected chi connectivity index (χ3v) is 6.63. The Morgan fingerprint density at radius 2 is 1.81 bits per heavy atom. The van der Waals surface area contributed by atoms with Crippen molar-refractivity contribution in [1.82, 2.24) is 0 Å². The van der Waals surface area contributed by atoms with E-state index in [0.717, 1.165) is 32.4 Å². The van der Waals surface area contributed by atoms with Crippen LogP contribution in [0.15, 0.2) is 91.9 Å². The summed E-state index contributed by atoms with van der Waals surface area (Å²) in [5, 5.41) is 1.71. The minimum atomic E-state index is -0.357. The van der Waals surface area contributed by atoms with Crippen molar-refractivity contribution in [2.24, 2.45) is 4.99 Å². The quantitative estimate of drug-likeness (QED) is 0.382. The molecule has 0 radical (unpaired) electrons. The first-order chi connectivity index (χ1) is 15.2. The highest BCUT2D eigenvalue weighted by Gasteiger charge is 2.41. The first-order valence-corrected chi connectivity index (χ1v) is 11.0. The highest BCUT2D eigenvalue weighted by atomic mass is 32.2. The number of fused-ring (bicyclic) bond motifs is 6. The molecule has 1 atom stereocenters. The second kappa shape index (κ2) is 7.03. The largest absolute Gasteiger partial charge is 0.494 e. The number of hydrogen-bond acceptors (Lipinski definition) is 6. The lowest BCUT2D eigenvalue weighted by Crippen LogP contribution is -2.36. The van der Waals surface area contributed by atoms with E-state index in [0.29, 0.717) is 23.4 Å². The van der Waals surface area contributed by atoms with Gasteiger partial charge in [-0.2, -0.15) is 0 Å². The normalized spacial score (nSPS) is 16.5. The molecule has 6 rings (SSSR count). The number of para-hydroxylation sites is 2. The molecule has 0 aliphatic carbocycles. The average molecular weight is 426 g/mol. The van der Waals surface area contributed by atoms with Crippen LogP contribution in [0.5, 0.6) is 5.75 Å². The number of amidine groups is 1. The Morgan fingerprint density at radius 1 is 1.03 bits per heavy atom. The Bertz CT molecular complexity index is 1410. The fourth-order valence-corrected chi connectivity index (χ4v) is 5.34. The summed E-state index contributed by atoms with van der Waals surface area (Å²) in [6.45, 7) is 2.57. The fourth-order valence-electron chi connectivity index (χ4n) is 4.28. The highest BCUT2D eigenvalue weighted by Crippen LogP contribution is 2.51. The SMILES string of the molecule is CCOc1ccc(C2c3c(c4ccccc4oc3=O)N=C3Sc4ccccc4N32)cc1. The van der Waals surface area contributed by atoms with Gasteiger partial charge >= 0.3 is 5.63 Å². The van der Waals surface area contributed by atoms with Gasteiger partial charge < -0.3 is 14.1 Å². The Morgan fingerprint density at radius 3 is 2.65 bits per heavy atom. The molecule has 2 aliphatic heterocycles. The zero-order valence-corrected chi connectivity index (χ0v) is 17.6. The standard InChI is InChI=1S/C25H18N2O3S/c1-2-29-16-13-11-15(12-14-16)23-21-22(17-7-3-5-9-19(17)30-24(21)28)26-25-27(23)18-8-4-6-10-20(18)31-25/h3-14,23H,2H2,1H3. The van der Waals surface area contributed by atoms with Gasteiger partial charge in [0.25, 0.3) is 0 Å². The Labute approximate surface area is 183 Å². The van der Waals surface area contributed by atoms with Crippen molar-refractivity contribution in [2.45, 2.75) is 17.9 Å². The molecule has 1 unspecified atom stereocenters. The third kappa shape index (κ3) is 2.79. The average Bonchev–Trinajstić information content (AvgIpc) is 3.17. The van der Waals surface area contributed by atoms with Gasteiger partial charge in [-0.05, 0) is 60.6 Å². The zero-order chi connectivity index (χ0) is 20.9. The maximum atomic E-state index is 13.2. The molecule has 3 heterocycles. The predicted octanol–water partition coefficient (Wildman–Crippen LogP) is 5.89. The second-order valence-electron chi connectivity index (χ2n) is 7.39. The molecular weight excluding hydrogens is 408 g/mol. The molecule has 0 N–H and O–H groups in total. The molecule has 31 heavy (non-hydrogen) atoms. The second-order valence-corrected chi connectivity index (χ2v) is 8.40. The van der Waals surface area contributed by atoms with E-state index in [-0.39, 0.29) is 11.7 Å². The van der Waals surface area contributed by atoms with Crippen LogP contribution in [0, 0.1) is 0 Å². The van der Waals surface area contributed by atoms with E-state index in [2.05, 4.69) is 17.0 Å². The fraction of sp³-hybridized carbons (Fsp3) is 0.120. The highest BCUT2D eigenvalue weighted by molar-refractivity contribution is 8.14. The van der Waals surface area contributed by atoms with Gasteiger partial charge in [-0.3, -0.25) is 0 Å². The summed E-state index contributed by atoms with van der Waals surface area (Å²) in [6, 6.07) is 23.3. The number of benzene rings is 3. The molecule has 6 heteroatoms. The van der Waals surface area contributed by atoms with E-state index in [9.17, 15) is 4.79 Å². The molecular formula is C25H18N2O3S. The lowest BCUT2D eigenvalue weighted by Gasteiger charge is -2.34. The van der Waals surface area contributed by atoms with Crippen LogP contribution in [0.3, 0.4) is 0 Å². The molecule has 0 fully saturated rings. The minimum absolute atomic E-state index is 0.338. The van der Waals surface area contributed by atoms with Crippen LogP contribution in [0.4, 0.5) is 11.4 Å². The first-order valence-electron chi connectivity index (χ1n) is 10.2. The Kier molecular flexibility index (Phi) is 4.14. The van der Waals surface area contributed by atoms with Crippen LogP contribution >= 0.6 is 11.8 Å². The summed E-state index contributed by atoms with van der Waals surface area (Å²) in [4.78, 5) is 21.5. The van der Waals surface area contributed by atoms with Crippen molar-refractivity contribution in [2.75, 3.05) is 11.5 Å². The minimum Gasteiger partial charge on any atom is -0.494 e. The van der Waals surface area contributed by atoms with Crippen molar-refractivity contribution in [1.29, 1.82) is 0 Å². The monoisotopic (exact) mass is 426 g/mol. The number of rotatable bonds is 3. The van der Waals surface area contributed by atoms with E-state index >= 15 is 0 Å². The van der Waals surface area contributed by atoms with E-state index < -0.39 is 0 Å². The van der Waals surface area contributed by atoms with E-state index in [1.165, 1.54) is 0 Å². The van der Waals surface area contributed by atoms with Gasteiger partial charge in [0, 0.05) is 10.3 Å². The van der Waals surface area contributed by atoms with Crippen LogP contribution in [-0.2, 0) is 0 Å². The number of ether oxygens (including phenoxy) is 1. The molecule has 152 valence electrons. The summed E-state index contributed by atoms with van der Waals surface area (Å²) >= 11 is 1.63. The molecule has 0 amide bonds. The van der Waals surface area contributed by atoms with Crippen molar-refractivity contribution in [3.05, 3.63) is 94.3 Å². The molecule has 0 spiro atoms. The first kappa shape index (κ1) is 18.3. The van der Waals surface area contributed by atoms with Gasteiger partial charge in [-0.1, -0.05) is 36.4 Å². The van der Waals surface area contributed by atoms with Crippen molar-refractivity contribution in [3.63, 3.8) is 0 Å². The predicted molar refractivity (Wildman–Crippen MR) is 124 cm³/mol. The van der Waals surface area contributed by atoms with Gasteiger partial charge in [0.2, 0.25) is 0 Å². The van der Waals surface area contributed by atoms with Gasteiger partial charge in [-0.25, -0.2) is 9.79 Å². The van der Waals surface area contributed by atoms with Crippen LogP contribution in [0.1, 0.15) is 24.1 Å². The number of thioether (sulfide) groups is 1. The molecule has 2 aliphatic rings. The van der Waals surface area contributed by atoms with Crippen LogP contribution in [-0.4, -0.2) is 11.8 Å². The van der Waals surface area contributed by atoms with Gasteiger partial charge in [0.15, 0.2) is 5.17 Å². The zero-order valence-electron chi connectivity index (χ0n) is 16.7. The van der Waals surface area contributed by atoms with Gasteiger partial charge in [-0.15, -0.1) is 0 Å². The molecule has 4 aromatic rings. The summed E-state index contributed by atoms with van der Waals surface area (Å²) in [6.07, 6.45) is 0. The molecule has 1 aromatic heterocycles. The third-order valence-electron chi connectivity index (χ3n) is 5.60. The van der Waals surface area contributed by atoms with Crippen LogP contribution in [0.2, 0.25) is 0 Å². The molecule has 3 aromatic carbocycles. The lowest BCUT2D eigenvalue weighted by molar-refractivity contribution is 0.340. The Balaban J connectivity index is 1.63.